The van der Waals surface area contributed by atoms with Crippen molar-refractivity contribution in [3.63, 3.8) is 0 Å². The molecule has 0 radical (unpaired) electrons. The molecule has 1 aromatic carbocycles. The van der Waals surface area contributed by atoms with Crippen LogP contribution in [-0.2, 0) is 9.59 Å². The first-order chi connectivity index (χ1) is 14.1. The van der Waals surface area contributed by atoms with Crippen LogP contribution in [0, 0.1) is 0 Å². The van der Waals surface area contributed by atoms with Gasteiger partial charge in [-0.15, -0.1) is 0 Å². The van der Waals surface area contributed by atoms with Gasteiger partial charge in [0.2, 0.25) is 11.8 Å². The standard InChI is InChI=1S/C21H32N6O2/c1-3-19(28)27-10-9-17(16-27)24-21(22-2)23-15-20(29)26-13-11-25(12-14-26)18-7-5-4-6-8-18/h4-8,17H,3,9-16H2,1-2H3,(H2,22,23,24). The molecule has 0 aromatic heterocycles. The summed E-state index contributed by atoms with van der Waals surface area (Å²) >= 11 is 0. The van der Waals surface area contributed by atoms with E-state index in [1.165, 1.54) is 5.69 Å². The number of nitrogens with one attached hydrogen (secondary N) is 2. The van der Waals surface area contributed by atoms with E-state index in [0.29, 0.717) is 18.9 Å². The van der Waals surface area contributed by atoms with Crippen LogP contribution in [0.3, 0.4) is 0 Å². The molecule has 8 heteroatoms. The molecule has 2 fully saturated rings. The Labute approximate surface area is 172 Å². The molecule has 0 spiro atoms. The predicted molar refractivity (Wildman–Crippen MR) is 115 cm³/mol. The van der Waals surface area contributed by atoms with Crippen LogP contribution in [0.1, 0.15) is 19.8 Å². The number of guanidine groups is 1. The van der Waals surface area contributed by atoms with Crippen LogP contribution >= 0.6 is 0 Å². The highest BCUT2D eigenvalue weighted by molar-refractivity contribution is 5.87. The van der Waals surface area contributed by atoms with Crippen molar-refractivity contribution in [2.75, 3.05) is 57.8 Å². The van der Waals surface area contributed by atoms with Gasteiger partial charge in [0.1, 0.15) is 0 Å². The fraction of sp³-hybridized carbons (Fsp3) is 0.571. The molecule has 158 valence electrons. The van der Waals surface area contributed by atoms with Gasteiger partial charge in [-0.2, -0.15) is 0 Å². The topological polar surface area (TPSA) is 80.3 Å². The van der Waals surface area contributed by atoms with E-state index in [1.54, 1.807) is 7.05 Å². The second-order valence-electron chi connectivity index (χ2n) is 7.45. The average Bonchev–Trinajstić information content (AvgIpc) is 3.25. The first-order valence-electron chi connectivity index (χ1n) is 10.4. The van der Waals surface area contributed by atoms with Gasteiger partial charge >= 0.3 is 0 Å². The number of benzene rings is 1. The van der Waals surface area contributed by atoms with Crippen molar-refractivity contribution in [1.29, 1.82) is 0 Å². The number of likely N-dealkylation sites (tertiary alicyclic amines) is 1. The number of para-hydroxylation sites is 1. The third kappa shape index (κ3) is 5.62. The van der Waals surface area contributed by atoms with Crippen LogP contribution in [0.4, 0.5) is 5.69 Å². The lowest BCUT2D eigenvalue weighted by atomic mass is 10.2. The smallest absolute Gasteiger partial charge is 0.242 e. The van der Waals surface area contributed by atoms with Crippen molar-refractivity contribution in [1.82, 2.24) is 20.4 Å². The van der Waals surface area contributed by atoms with E-state index in [9.17, 15) is 9.59 Å². The molecule has 1 atom stereocenters. The minimum atomic E-state index is 0.0786. The van der Waals surface area contributed by atoms with Crippen LogP contribution in [0.25, 0.3) is 0 Å². The summed E-state index contributed by atoms with van der Waals surface area (Å²) in [5.74, 6) is 0.869. The summed E-state index contributed by atoms with van der Waals surface area (Å²) in [4.78, 5) is 34.7. The molecule has 0 bridgehead atoms. The van der Waals surface area contributed by atoms with Crippen LogP contribution in [0.2, 0.25) is 0 Å². The monoisotopic (exact) mass is 400 g/mol. The summed E-state index contributed by atoms with van der Waals surface area (Å²) in [6.07, 6.45) is 1.42. The highest BCUT2D eigenvalue weighted by atomic mass is 16.2. The van der Waals surface area contributed by atoms with E-state index in [0.717, 1.165) is 39.1 Å². The summed E-state index contributed by atoms with van der Waals surface area (Å²) in [7, 11) is 1.70. The normalized spacial score (nSPS) is 20.0. The number of hydrogen-bond donors (Lipinski definition) is 2. The molecule has 2 aliphatic rings. The first-order valence-corrected chi connectivity index (χ1v) is 10.4. The van der Waals surface area contributed by atoms with Gasteiger partial charge < -0.3 is 25.3 Å². The average molecular weight is 401 g/mol. The number of carbonyl (C=O) groups is 2. The van der Waals surface area contributed by atoms with Gasteiger partial charge in [-0.25, -0.2) is 0 Å². The lowest BCUT2D eigenvalue weighted by Crippen LogP contribution is -2.53. The summed E-state index contributed by atoms with van der Waals surface area (Å²) in [5, 5.41) is 6.45. The molecule has 3 rings (SSSR count). The van der Waals surface area contributed by atoms with E-state index in [1.807, 2.05) is 34.9 Å². The third-order valence-corrected chi connectivity index (χ3v) is 5.57. The van der Waals surface area contributed by atoms with Gasteiger partial charge in [0, 0.05) is 64.5 Å². The zero-order valence-electron chi connectivity index (χ0n) is 17.4. The molecular weight excluding hydrogens is 368 g/mol. The second kappa shape index (κ2) is 10.1. The maximum absolute atomic E-state index is 12.6. The number of anilines is 1. The fourth-order valence-corrected chi connectivity index (χ4v) is 3.84. The maximum atomic E-state index is 12.6. The number of amides is 2. The Hall–Kier alpha value is -2.77. The molecule has 2 N–H and O–H groups in total. The Bertz CT molecular complexity index is 715. The van der Waals surface area contributed by atoms with Crippen molar-refractivity contribution in [3.8, 4) is 0 Å². The lowest BCUT2D eigenvalue weighted by Gasteiger charge is -2.36. The molecule has 8 nitrogen and oxygen atoms in total. The van der Waals surface area contributed by atoms with E-state index < -0.39 is 0 Å². The molecule has 2 amide bonds. The molecule has 0 aliphatic carbocycles. The summed E-state index contributed by atoms with van der Waals surface area (Å²) in [5.41, 5.74) is 1.20. The van der Waals surface area contributed by atoms with Gasteiger partial charge in [-0.1, -0.05) is 25.1 Å². The van der Waals surface area contributed by atoms with E-state index >= 15 is 0 Å². The highest BCUT2D eigenvalue weighted by Crippen LogP contribution is 2.15. The molecule has 29 heavy (non-hydrogen) atoms. The number of hydrogen-bond acceptors (Lipinski definition) is 4. The van der Waals surface area contributed by atoms with E-state index in [-0.39, 0.29) is 24.4 Å². The molecule has 2 aliphatic heterocycles. The van der Waals surface area contributed by atoms with Crippen molar-refractivity contribution in [2.24, 2.45) is 4.99 Å². The Kier molecular flexibility index (Phi) is 7.32. The van der Waals surface area contributed by atoms with Crippen molar-refractivity contribution < 1.29 is 9.59 Å². The van der Waals surface area contributed by atoms with Crippen LogP contribution in [0.15, 0.2) is 35.3 Å². The van der Waals surface area contributed by atoms with E-state index in [4.69, 9.17) is 0 Å². The minimum absolute atomic E-state index is 0.0786. The SMILES string of the molecule is CCC(=O)N1CCC(NC(=NC)NCC(=O)N2CCN(c3ccccc3)CC2)C1. The number of rotatable bonds is 5. The van der Waals surface area contributed by atoms with Crippen LogP contribution in [-0.4, -0.2) is 86.5 Å². The molecule has 0 saturated carbocycles. The first kappa shape index (κ1) is 21.0. The van der Waals surface area contributed by atoms with Crippen LogP contribution < -0.4 is 15.5 Å². The summed E-state index contributed by atoms with van der Waals surface area (Å²) in [6, 6.07) is 10.5. The Morgan fingerprint density at radius 1 is 1.03 bits per heavy atom. The second-order valence-corrected chi connectivity index (χ2v) is 7.45. The Morgan fingerprint density at radius 3 is 2.41 bits per heavy atom. The zero-order valence-corrected chi connectivity index (χ0v) is 17.4. The number of nitrogens with zero attached hydrogens (tertiary/aromatic N) is 4. The molecule has 2 saturated heterocycles. The number of aliphatic imine (C=N–C) groups is 1. The molecule has 2 heterocycles. The lowest BCUT2D eigenvalue weighted by molar-refractivity contribution is -0.130. The molecular formula is C21H32N6O2. The van der Waals surface area contributed by atoms with Gasteiger partial charge in [0.05, 0.1) is 6.54 Å². The van der Waals surface area contributed by atoms with Crippen molar-refractivity contribution >= 4 is 23.5 Å². The molecule has 1 aromatic rings. The van der Waals surface area contributed by atoms with E-state index in [2.05, 4.69) is 32.7 Å². The van der Waals surface area contributed by atoms with Gasteiger partial charge in [-0.3, -0.25) is 14.6 Å². The molecule has 1 unspecified atom stereocenters. The van der Waals surface area contributed by atoms with Gasteiger partial charge in [-0.05, 0) is 18.6 Å². The highest BCUT2D eigenvalue weighted by Gasteiger charge is 2.26. The zero-order chi connectivity index (χ0) is 20.6. The maximum Gasteiger partial charge on any atom is 0.242 e. The summed E-state index contributed by atoms with van der Waals surface area (Å²) < 4.78 is 0. The van der Waals surface area contributed by atoms with Crippen molar-refractivity contribution in [3.05, 3.63) is 30.3 Å². The quantitative estimate of drug-likeness (QED) is 0.556. The van der Waals surface area contributed by atoms with Crippen molar-refractivity contribution in [2.45, 2.75) is 25.8 Å². The number of piperazine rings is 1. The minimum Gasteiger partial charge on any atom is -0.368 e. The van der Waals surface area contributed by atoms with Crippen LogP contribution in [0.5, 0.6) is 0 Å². The fourth-order valence-electron chi connectivity index (χ4n) is 3.84. The largest absolute Gasteiger partial charge is 0.368 e. The Morgan fingerprint density at radius 2 is 1.76 bits per heavy atom. The third-order valence-electron chi connectivity index (χ3n) is 5.57. The Balaban J connectivity index is 1.40. The number of carbonyl (C=O) groups excluding carboxylic acids is 2. The summed E-state index contributed by atoms with van der Waals surface area (Å²) in [6.45, 7) is 6.67. The predicted octanol–water partition coefficient (Wildman–Crippen LogP) is 0.511. The van der Waals surface area contributed by atoms with Gasteiger partial charge in [0.15, 0.2) is 5.96 Å². The van der Waals surface area contributed by atoms with Gasteiger partial charge in [0.25, 0.3) is 0 Å².